The van der Waals surface area contributed by atoms with Crippen molar-refractivity contribution in [3.05, 3.63) is 34.6 Å². The maximum atomic E-state index is 6.38. The third kappa shape index (κ3) is 1.80. The summed E-state index contributed by atoms with van der Waals surface area (Å²) in [7, 11) is 0. The zero-order chi connectivity index (χ0) is 13.7. The first-order valence-corrected chi connectivity index (χ1v) is 7.94. The Kier molecular flexibility index (Phi) is 2.99. The number of fused-ring (bicyclic) bond motifs is 2. The first-order valence-electron chi connectivity index (χ1n) is 7.18. The van der Waals surface area contributed by atoms with Crippen molar-refractivity contribution in [3.8, 4) is 0 Å². The molecule has 0 amide bonds. The quantitative estimate of drug-likeness (QED) is 0.790. The van der Waals surface area contributed by atoms with E-state index in [9.17, 15) is 0 Å². The number of hydrogen-bond acceptors (Lipinski definition) is 3. The lowest BCUT2D eigenvalue weighted by atomic mass is 9.71. The van der Waals surface area contributed by atoms with Gasteiger partial charge in [0.2, 0.25) is 0 Å². The van der Waals surface area contributed by atoms with E-state index in [4.69, 9.17) is 23.2 Å². The van der Waals surface area contributed by atoms with E-state index >= 15 is 0 Å². The Morgan fingerprint density at radius 3 is 2.70 bits per heavy atom. The second kappa shape index (κ2) is 4.62. The van der Waals surface area contributed by atoms with E-state index in [-0.39, 0.29) is 5.54 Å². The van der Waals surface area contributed by atoms with Crippen molar-refractivity contribution in [1.82, 2.24) is 9.88 Å². The Bertz CT molecular complexity index is 566. The zero-order valence-electron chi connectivity index (χ0n) is 11.2. The first kappa shape index (κ1) is 12.9. The van der Waals surface area contributed by atoms with Crippen molar-refractivity contribution in [2.45, 2.75) is 24.8 Å². The van der Waals surface area contributed by atoms with Gasteiger partial charge in [0.15, 0.2) is 5.82 Å². The molecule has 3 fully saturated rings. The molecule has 0 N–H and O–H groups in total. The summed E-state index contributed by atoms with van der Waals surface area (Å²) in [6, 6.07) is 1.78. The standard InChI is InChI=1S/C15H17Cl2N3/c16-12-8-13(17)14(18-9-12)20-5-1-4-15(20)10-19-6-2-11(15)3-7-19/h1,5,8-9,11H,2-4,6-7,10H2/t15-/m0/s1. The van der Waals surface area contributed by atoms with E-state index in [0.29, 0.717) is 10.0 Å². The van der Waals surface area contributed by atoms with Crippen LogP contribution in [0.5, 0.6) is 0 Å². The van der Waals surface area contributed by atoms with Crippen LogP contribution >= 0.6 is 23.2 Å². The van der Waals surface area contributed by atoms with Gasteiger partial charge in [-0.25, -0.2) is 4.98 Å². The topological polar surface area (TPSA) is 19.4 Å². The molecule has 106 valence electrons. The van der Waals surface area contributed by atoms with Crippen LogP contribution in [-0.2, 0) is 0 Å². The fourth-order valence-electron chi connectivity index (χ4n) is 4.12. The molecular formula is C15H17Cl2N3. The number of aromatic nitrogens is 1. The van der Waals surface area contributed by atoms with E-state index in [2.05, 4.69) is 27.1 Å². The molecule has 4 aliphatic heterocycles. The lowest BCUT2D eigenvalue weighted by Crippen LogP contribution is -2.64. The van der Waals surface area contributed by atoms with Crippen LogP contribution in [0.1, 0.15) is 19.3 Å². The Hall–Kier alpha value is -0.770. The first-order chi connectivity index (χ1) is 9.69. The number of halogens is 2. The average Bonchev–Trinajstić information content (AvgIpc) is 2.83. The lowest BCUT2D eigenvalue weighted by Gasteiger charge is -2.55. The maximum Gasteiger partial charge on any atom is 0.151 e. The van der Waals surface area contributed by atoms with Crippen LogP contribution in [0.15, 0.2) is 24.5 Å². The maximum absolute atomic E-state index is 6.38. The summed E-state index contributed by atoms with van der Waals surface area (Å²) in [5.41, 5.74) is 0.154. The largest absolute Gasteiger partial charge is 0.324 e. The van der Waals surface area contributed by atoms with Crippen molar-refractivity contribution in [1.29, 1.82) is 0 Å². The number of hydrogen-bond donors (Lipinski definition) is 0. The van der Waals surface area contributed by atoms with Crippen LogP contribution in [0.25, 0.3) is 0 Å². The monoisotopic (exact) mass is 309 g/mol. The van der Waals surface area contributed by atoms with Crippen LogP contribution < -0.4 is 4.90 Å². The third-order valence-electron chi connectivity index (χ3n) is 5.07. The Balaban J connectivity index is 1.75. The summed E-state index contributed by atoms with van der Waals surface area (Å²) in [6.07, 6.45) is 9.75. The van der Waals surface area contributed by atoms with Crippen LogP contribution in [0, 0.1) is 5.92 Å². The van der Waals surface area contributed by atoms with Crippen molar-refractivity contribution in [2.24, 2.45) is 5.92 Å². The highest BCUT2D eigenvalue weighted by Gasteiger charge is 2.51. The molecule has 0 radical (unpaired) electrons. The van der Waals surface area contributed by atoms with Gasteiger partial charge < -0.3 is 9.80 Å². The van der Waals surface area contributed by atoms with Crippen molar-refractivity contribution in [2.75, 3.05) is 24.5 Å². The Morgan fingerprint density at radius 1 is 1.25 bits per heavy atom. The molecule has 1 aromatic rings. The molecule has 5 heteroatoms. The number of rotatable bonds is 1. The fraction of sp³-hybridized carbons (Fsp3) is 0.533. The van der Waals surface area contributed by atoms with Gasteiger partial charge in [0.25, 0.3) is 0 Å². The molecular weight excluding hydrogens is 293 g/mol. The van der Waals surface area contributed by atoms with Gasteiger partial charge >= 0.3 is 0 Å². The van der Waals surface area contributed by atoms with Gasteiger partial charge in [0.1, 0.15) is 0 Å². The van der Waals surface area contributed by atoms with Gasteiger partial charge in [0.05, 0.1) is 15.6 Å². The van der Waals surface area contributed by atoms with Gasteiger partial charge in [0, 0.05) is 18.9 Å². The molecule has 1 aromatic heterocycles. The van der Waals surface area contributed by atoms with Gasteiger partial charge in [-0.2, -0.15) is 0 Å². The van der Waals surface area contributed by atoms with Gasteiger partial charge in [-0.15, -0.1) is 0 Å². The van der Waals surface area contributed by atoms with E-state index < -0.39 is 0 Å². The molecule has 4 aliphatic rings. The molecule has 1 spiro atoms. The minimum atomic E-state index is 0.154. The highest BCUT2D eigenvalue weighted by molar-refractivity contribution is 6.36. The van der Waals surface area contributed by atoms with E-state index in [1.54, 1.807) is 12.3 Å². The molecule has 5 rings (SSSR count). The molecule has 3 nitrogen and oxygen atoms in total. The van der Waals surface area contributed by atoms with Crippen molar-refractivity contribution >= 4 is 29.0 Å². The van der Waals surface area contributed by atoms with Crippen molar-refractivity contribution in [3.63, 3.8) is 0 Å². The highest BCUT2D eigenvalue weighted by Crippen LogP contribution is 2.47. The average molecular weight is 310 g/mol. The SMILES string of the molecule is Clc1cnc(N2C=CC[C@@]23CN2CCC3CC2)c(Cl)c1. The molecule has 0 aromatic carbocycles. The third-order valence-corrected chi connectivity index (χ3v) is 5.55. The predicted octanol–water partition coefficient (Wildman–Crippen LogP) is 3.58. The summed E-state index contributed by atoms with van der Waals surface area (Å²) in [5.74, 6) is 1.58. The minimum absolute atomic E-state index is 0.154. The highest BCUT2D eigenvalue weighted by atomic mass is 35.5. The van der Waals surface area contributed by atoms with Crippen LogP contribution in [0.2, 0.25) is 10.0 Å². The fourth-order valence-corrected chi connectivity index (χ4v) is 4.60. The Morgan fingerprint density at radius 2 is 2.05 bits per heavy atom. The molecule has 5 heterocycles. The zero-order valence-corrected chi connectivity index (χ0v) is 12.7. The van der Waals surface area contributed by atoms with Crippen LogP contribution in [0.3, 0.4) is 0 Å². The molecule has 20 heavy (non-hydrogen) atoms. The van der Waals surface area contributed by atoms with Gasteiger partial charge in [-0.3, -0.25) is 0 Å². The molecule has 0 unspecified atom stereocenters. The summed E-state index contributed by atoms with van der Waals surface area (Å²) >= 11 is 12.4. The van der Waals surface area contributed by atoms with Gasteiger partial charge in [-0.1, -0.05) is 29.3 Å². The summed E-state index contributed by atoms with van der Waals surface area (Å²) in [4.78, 5) is 9.37. The molecule has 0 saturated carbocycles. The van der Waals surface area contributed by atoms with Crippen molar-refractivity contribution < 1.29 is 0 Å². The predicted molar refractivity (Wildman–Crippen MR) is 82.4 cm³/mol. The number of nitrogens with zero attached hydrogens (tertiary/aromatic N) is 3. The Labute approximate surface area is 129 Å². The number of piperidine rings is 3. The molecule has 2 bridgehead atoms. The molecule has 1 atom stereocenters. The van der Waals surface area contributed by atoms with Crippen LogP contribution in [0.4, 0.5) is 5.82 Å². The second-order valence-corrected chi connectivity index (χ2v) is 6.92. The minimum Gasteiger partial charge on any atom is -0.324 e. The normalized spacial score (nSPS) is 35.2. The summed E-state index contributed by atoms with van der Waals surface area (Å²) < 4.78 is 0. The van der Waals surface area contributed by atoms with Gasteiger partial charge in [-0.05, 0) is 44.3 Å². The second-order valence-electron chi connectivity index (χ2n) is 6.07. The molecule has 3 saturated heterocycles. The van der Waals surface area contributed by atoms with E-state index in [0.717, 1.165) is 24.7 Å². The summed E-state index contributed by atoms with van der Waals surface area (Å²) in [6.45, 7) is 3.59. The van der Waals surface area contributed by atoms with Crippen LogP contribution in [-0.4, -0.2) is 35.1 Å². The molecule has 0 aliphatic carbocycles. The van der Waals surface area contributed by atoms with E-state index in [1.807, 2.05) is 0 Å². The smallest absolute Gasteiger partial charge is 0.151 e. The number of anilines is 1. The van der Waals surface area contributed by atoms with E-state index in [1.165, 1.54) is 25.9 Å². The lowest BCUT2D eigenvalue weighted by molar-refractivity contribution is 0.0333. The summed E-state index contributed by atoms with van der Waals surface area (Å²) in [5, 5.41) is 1.23. The number of pyridine rings is 1.